The van der Waals surface area contributed by atoms with E-state index in [4.69, 9.17) is 5.11 Å². The molecule has 0 aliphatic carbocycles. The largest absolute Gasteiger partial charge is 0.465 e. The number of hydrogen-bond donors (Lipinski definition) is 1. The number of benzene rings is 2. The van der Waals surface area contributed by atoms with E-state index in [1.165, 1.54) is 8.87 Å². The van der Waals surface area contributed by atoms with Gasteiger partial charge in [0, 0.05) is 43.4 Å². The smallest absolute Gasteiger partial charge is 0.407 e. The van der Waals surface area contributed by atoms with Crippen molar-refractivity contribution in [2.24, 2.45) is 0 Å². The molecular formula is C19H19N3O4S. The maximum atomic E-state index is 13.0. The van der Waals surface area contributed by atoms with E-state index >= 15 is 0 Å². The summed E-state index contributed by atoms with van der Waals surface area (Å²) in [4.78, 5) is 14.8. The number of rotatable bonds is 3. The van der Waals surface area contributed by atoms with Crippen molar-refractivity contribution >= 4 is 32.7 Å². The topological polar surface area (TPSA) is 82.8 Å². The number of nitrogens with zero attached hydrogens (tertiary/aromatic N) is 3. The maximum Gasteiger partial charge on any atom is 0.407 e. The van der Waals surface area contributed by atoms with Crippen LogP contribution in [0, 0.1) is 0 Å². The highest BCUT2D eigenvalue weighted by Gasteiger charge is 2.24. The third-order valence-electron chi connectivity index (χ3n) is 4.87. The average Bonchev–Trinajstić information content (AvgIpc) is 3.14. The monoisotopic (exact) mass is 385 g/mol. The lowest BCUT2D eigenvalue weighted by atomic mass is 10.2. The van der Waals surface area contributed by atoms with Crippen molar-refractivity contribution in [1.29, 1.82) is 0 Å². The minimum atomic E-state index is -3.68. The molecule has 1 aliphatic heterocycles. The van der Waals surface area contributed by atoms with Gasteiger partial charge in [-0.15, -0.1) is 0 Å². The minimum Gasteiger partial charge on any atom is -0.465 e. The normalized spacial score (nSPS) is 15.3. The van der Waals surface area contributed by atoms with E-state index in [0.717, 1.165) is 11.1 Å². The van der Waals surface area contributed by atoms with Gasteiger partial charge in [0.25, 0.3) is 10.0 Å². The molecule has 1 aliphatic rings. The van der Waals surface area contributed by atoms with Gasteiger partial charge in [0.15, 0.2) is 0 Å². The molecule has 2 heterocycles. The first-order valence-electron chi connectivity index (χ1n) is 8.62. The summed E-state index contributed by atoms with van der Waals surface area (Å²) < 4.78 is 27.3. The summed E-state index contributed by atoms with van der Waals surface area (Å²) in [6.07, 6.45) is 0.664. The van der Waals surface area contributed by atoms with Crippen LogP contribution in [0.5, 0.6) is 0 Å². The molecule has 0 saturated carbocycles. The molecule has 0 unspecified atom stereocenters. The number of fused-ring (bicyclic) bond motifs is 1. The second kappa shape index (κ2) is 6.62. The maximum absolute atomic E-state index is 13.0. The summed E-state index contributed by atoms with van der Waals surface area (Å²) in [6, 6.07) is 15.7. The van der Waals surface area contributed by atoms with Gasteiger partial charge in [-0.1, -0.05) is 24.3 Å². The Balaban J connectivity index is 1.72. The van der Waals surface area contributed by atoms with Crippen LogP contribution in [0.25, 0.3) is 10.9 Å². The minimum absolute atomic E-state index is 0.239. The Morgan fingerprint density at radius 2 is 1.59 bits per heavy atom. The zero-order chi connectivity index (χ0) is 19.0. The van der Waals surface area contributed by atoms with Crippen LogP contribution >= 0.6 is 0 Å². The molecule has 0 bridgehead atoms. The second-order valence-corrected chi connectivity index (χ2v) is 8.21. The first kappa shape index (κ1) is 17.4. The molecule has 1 saturated heterocycles. The fourth-order valence-corrected chi connectivity index (χ4v) is 4.82. The van der Waals surface area contributed by atoms with E-state index in [-0.39, 0.29) is 4.90 Å². The Hall–Kier alpha value is -3.00. The molecule has 3 aromatic rings. The van der Waals surface area contributed by atoms with Crippen LogP contribution in [0.3, 0.4) is 0 Å². The molecule has 1 amide bonds. The Morgan fingerprint density at radius 1 is 0.889 bits per heavy atom. The number of aromatic nitrogens is 1. The van der Waals surface area contributed by atoms with Crippen LogP contribution < -0.4 is 4.90 Å². The first-order valence-corrected chi connectivity index (χ1v) is 10.1. The molecular weight excluding hydrogens is 366 g/mol. The van der Waals surface area contributed by atoms with Crippen molar-refractivity contribution in [3.8, 4) is 0 Å². The predicted octanol–water partition coefficient (Wildman–Crippen LogP) is 2.68. The van der Waals surface area contributed by atoms with E-state index < -0.39 is 16.1 Å². The number of hydrogen-bond acceptors (Lipinski definition) is 4. The van der Waals surface area contributed by atoms with Gasteiger partial charge in [0.2, 0.25) is 0 Å². The summed E-state index contributed by atoms with van der Waals surface area (Å²) in [5, 5.41) is 9.94. The number of piperazine rings is 1. The van der Waals surface area contributed by atoms with E-state index in [9.17, 15) is 13.2 Å². The van der Waals surface area contributed by atoms with Crippen LogP contribution in [0.1, 0.15) is 0 Å². The zero-order valence-corrected chi connectivity index (χ0v) is 15.3. The van der Waals surface area contributed by atoms with Crippen molar-refractivity contribution in [2.45, 2.75) is 4.90 Å². The van der Waals surface area contributed by atoms with Gasteiger partial charge in [-0.2, -0.15) is 0 Å². The molecule has 1 fully saturated rings. The number of amides is 1. The van der Waals surface area contributed by atoms with Gasteiger partial charge in [-0.25, -0.2) is 17.2 Å². The third-order valence-corrected chi connectivity index (χ3v) is 6.57. The van der Waals surface area contributed by atoms with Crippen LogP contribution in [-0.4, -0.2) is 54.7 Å². The van der Waals surface area contributed by atoms with Gasteiger partial charge < -0.3 is 14.9 Å². The number of carbonyl (C=O) groups is 1. The molecule has 8 heteroatoms. The Kier molecular flexibility index (Phi) is 4.27. The Bertz CT molecular complexity index is 1080. The summed E-state index contributed by atoms with van der Waals surface area (Å²) >= 11 is 0. The third kappa shape index (κ3) is 3.02. The highest BCUT2D eigenvalue weighted by molar-refractivity contribution is 7.90. The fourth-order valence-electron chi connectivity index (χ4n) is 3.46. The summed E-state index contributed by atoms with van der Waals surface area (Å²) in [5.74, 6) is 0. The van der Waals surface area contributed by atoms with Gasteiger partial charge in [-0.05, 0) is 30.3 Å². The van der Waals surface area contributed by atoms with E-state index in [2.05, 4.69) is 4.90 Å². The van der Waals surface area contributed by atoms with Crippen molar-refractivity contribution in [3.63, 3.8) is 0 Å². The van der Waals surface area contributed by atoms with Gasteiger partial charge >= 0.3 is 6.09 Å². The highest BCUT2D eigenvalue weighted by atomic mass is 32.2. The van der Waals surface area contributed by atoms with Crippen molar-refractivity contribution < 1.29 is 18.3 Å². The van der Waals surface area contributed by atoms with E-state index in [1.807, 2.05) is 12.1 Å². The SMILES string of the molecule is O=C(O)N1CCN(c2cccc3c2ccn3S(=O)(=O)c2ccccc2)CC1. The molecule has 7 nitrogen and oxygen atoms in total. The molecule has 4 rings (SSSR count). The summed E-state index contributed by atoms with van der Waals surface area (Å²) in [5.41, 5.74) is 1.52. The lowest BCUT2D eigenvalue weighted by molar-refractivity contribution is 0.142. The van der Waals surface area contributed by atoms with E-state index in [0.29, 0.717) is 31.7 Å². The highest BCUT2D eigenvalue weighted by Crippen LogP contribution is 2.30. The Labute approximate surface area is 157 Å². The molecule has 2 aromatic carbocycles. The molecule has 1 N–H and O–H groups in total. The standard InChI is InChI=1S/C19H19N3O4S/c23-19(24)21-13-11-20(12-14-21)17-7-4-8-18-16(17)9-10-22(18)27(25,26)15-5-2-1-3-6-15/h1-10H,11-14H2,(H,23,24). The average molecular weight is 385 g/mol. The van der Waals surface area contributed by atoms with Crippen molar-refractivity contribution in [2.75, 3.05) is 31.1 Å². The zero-order valence-electron chi connectivity index (χ0n) is 14.5. The molecule has 0 atom stereocenters. The molecule has 1 aromatic heterocycles. The second-order valence-electron chi connectivity index (χ2n) is 6.40. The predicted molar refractivity (Wildman–Crippen MR) is 103 cm³/mol. The van der Waals surface area contributed by atoms with Crippen LogP contribution in [0.4, 0.5) is 10.5 Å². The van der Waals surface area contributed by atoms with E-state index in [1.54, 1.807) is 48.7 Å². The Morgan fingerprint density at radius 3 is 2.26 bits per heavy atom. The lowest BCUT2D eigenvalue weighted by Crippen LogP contribution is -2.48. The molecule has 0 spiro atoms. The van der Waals surface area contributed by atoms with Gasteiger partial charge in [-0.3, -0.25) is 0 Å². The van der Waals surface area contributed by atoms with Gasteiger partial charge in [0.05, 0.1) is 10.4 Å². The van der Waals surface area contributed by atoms with Crippen LogP contribution in [0.2, 0.25) is 0 Å². The van der Waals surface area contributed by atoms with Crippen molar-refractivity contribution in [3.05, 3.63) is 60.8 Å². The summed E-state index contributed by atoms with van der Waals surface area (Å²) in [7, 11) is -3.68. The van der Waals surface area contributed by atoms with Gasteiger partial charge in [0.1, 0.15) is 0 Å². The fraction of sp³-hybridized carbons (Fsp3) is 0.211. The first-order chi connectivity index (χ1) is 13.0. The molecule has 27 heavy (non-hydrogen) atoms. The quantitative estimate of drug-likeness (QED) is 0.750. The number of anilines is 1. The summed E-state index contributed by atoms with van der Waals surface area (Å²) in [6.45, 7) is 1.99. The van der Waals surface area contributed by atoms with Crippen LogP contribution in [0.15, 0.2) is 65.7 Å². The lowest BCUT2D eigenvalue weighted by Gasteiger charge is -2.35. The molecule has 0 radical (unpaired) electrons. The van der Waals surface area contributed by atoms with Crippen molar-refractivity contribution in [1.82, 2.24) is 8.87 Å². The molecule has 140 valence electrons. The van der Waals surface area contributed by atoms with Crippen LogP contribution in [-0.2, 0) is 10.0 Å². The number of carboxylic acid groups (broad SMARTS) is 1.